The smallest absolute Gasteiger partial charge is 0.253 e. The largest absolute Gasteiger partial charge is 0.348 e. The minimum atomic E-state index is -0.238. The molecule has 3 rings (SSSR count). The molecule has 29 heavy (non-hydrogen) atoms. The zero-order valence-electron chi connectivity index (χ0n) is 16.1. The summed E-state index contributed by atoms with van der Waals surface area (Å²) < 4.78 is 0. The van der Waals surface area contributed by atoms with E-state index >= 15 is 0 Å². The maximum absolute atomic E-state index is 12.3. The number of rotatable bonds is 5. The monoisotopic (exact) mass is 385 g/mol. The minimum absolute atomic E-state index is 0.214. The number of nitrogens with one attached hydrogen (secondary N) is 2. The third-order valence-electron chi connectivity index (χ3n) is 4.34. The highest BCUT2D eigenvalue weighted by Gasteiger charge is 2.10. The number of hydrogen-bond donors (Lipinski definition) is 2. The Balaban J connectivity index is 1.83. The average molecular weight is 385 g/mol. The lowest BCUT2D eigenvalue weighted by atomic mass is 10.0. The number of amides is 2. The minimum Gasteiger partial charge on any atom is -0.348 e. The molecule has 0 aliphatic heterocycles. The highest BCUT2D eigenvalue weighted by atomic mass is 16.2. The molecule has 7 heteroatoms. The Morgan fingerprint density at radius 3 is 2.66 bits per heavy atom. The molecule has 2 heterocycles. The van der Waals surface area contributed by atoms with Gasteiger partial charge in [-0.15, -0.1) is 0 Å². The number of nitrogens with zero attached hydrogens (tertiary/aromatic N) is 3. The van der Waals surface area contributed by atoms with Gasteiger partial charge in [-0.05, 0) is 48.4 Å². The fourth-order valence-corrected chi connectivity index (χ4v) is 2.81. The van der Waals surface area contributed by atoms with E-state index in [0.29, 0.717) is 23.4 Å². The molecular formula is C22H19N5O2. The molecule has 1 aromatic carbocycles. The van der Waals surface area contributed by atoms with E-state index in [2.05, 4.69) is 26.7 Å². The molecule has 2 N–H and O–H groups in total. The van der Waals surface area contributed by atoms with Crippen LogP contribution in [-0.4, -0.2) is 21.8 Å². The van der Waals surface area contributed by atoms with Crippen molar-refractivity contribution in [2.45, 2.75) is 20.4 Å². The Bertz CT molecular complexity index is 1100. The quantitative estimate of drug-likeness (QED) is 0.701. The van der Waals surface area contributed by atoms with E-state index in [1.54, 1.807) is 36.7 Å². The summed E-state index contributed by atoms with van der Waals surface area (Å²) in [4.78, 5) is 31.9. The first-order valence-corrected chi connectivity index (χ1v) is 8.94. The van der Waals surface area contributed by atoms with Gasteiger partial charge in [-0.25, -0.2) is 0 Å². The molecule has 2 aromatic heterocycles. The van der Waals surface area contributed by atoms with Crippen molar-refractivity contribution in [3.05, 3.63) is 77.4 Å². The van der Waals surface area contributed by atoms with E-state index in [1.165, 1.54) is 13.1 Å². The Labute approximate surface area is 168 Å². The molecule has 0 saturated carbocycles. The van der Waals surface area contributed by atoms with Crippen molar-refractivity contribution in [1.82, 2.24) is 15.3 Å². The summed E-state index contributed by atoms with van der Waals surface area (Å²) in [5, 5.41) is 14.9. The Kier molecular flexibility index (Phi) is 5.95. The molecule has 2 amide bonds. The first kappa shape index (κ1) is 19.7. The van der Waals surface area contributed by atoms with Crippen molar-refractivity contribution in [2.24, 2.45) is 0 Å². The molecule has 0 atom stereocenters. The lowest BCUT2D eigenvalue weighted by Crippen LogP contribution is -2.23. The van der Waals surface area contributed by atoms with Gasteiger partial charge in [0.15, 0.2) is 0 Å². The number of carbonyl (C=O) groups is 2. The molecule has 0 aliphatic rings. The number of aryl methyl sites for hydroxylation is 1. The molecular weight excluding hydrogens is 366 g/mol. The highest BCUT2D eigenvalue weighted by molar-refractivity contribution is 5.93. The third kappa shape index (κ3) is 4.82. The summed E-state index contributed by atoms with van der Waals surface area (Å²) in [6, 6.07) is 12.6. The summed E-state index contributed by atoms with van der Waals surface area (Å²) >= 11 is 0. The zero-order chi connectivity index (χ0) is 20.8. The predicted molar refractivity (Wildman–Crippen MR) is 109 cm³/mol. The molecule has 0 bridgehead atoms. The number of nitriles is 1. The van der Waals surface area contributed by atoms with Crippen LogP contribution < -0.4 is 10.6 Å². The molecule has 0 unspecified atom stereocenters. The maximum atomic E-state index is 12.3. The number of pyridine rings is 2. The number of benzene rings is 1. The maximum Gasteiger partial charge on any atom is 0.253 e. The summed E-state index contributed by atoms with van der Waals surface area (Å²) in [6.45, 7) is 3.58. The number of carbonyl (C=O) groups excluding carboxylic acids is 2. The van der Waals surface area contributed by atoms with Gasteiger partial charge in [0.1, 0.15) is 6.07 Å². The van der Waals surface area contributed by atoms with E-state index in [1.807, 2.05) is 19.1 Å². The van der Waals surface area contributed by atoms with Gasteiger partial charge in [-0.2, -0.15) is 5.26 Å². The van der Waals surface area contributed by atoms with E-state index in [4.69, 9.17) is 0 Å². The molecule has 0 spiro atoms. The Hall–Kier alpha value is -4.05. The third-order valence-corrected chi connectivity index (χ3v) is 4.34. The van der Waals surface area contributed by atoms with Gasteiger partial charge in [-0.1, -0.05) is 6.07 Å². The van der Waals surface area contributed by atoms with Crippen molar-refractivity contribution in [1.29, 1.82) is 5.26 Å². The number of anilines is 1. The van der Waals surface area contributed by atoms with Gasteiger partial charge in [0.2, 0.25) is 5.91 Å². The topological polar surface area (TPSA) is 108 Å². The standard InChI is InChI=1S/C22H19N5O2/c1-14-19(12-26-22(29)17-4-3-7-24-11-17)9-20(13-25-14)16-5-6-21(27-15(2)28)18(8-16)10-23/h3-9,11,13H,12H2,1-2H3,(H,26,29)(H,27,28). The first-order chi connectivity index (χ1) is 14.0. The van der Waals surface area contributed by atoms with Crippen molar-refractivity contribution in [3.8, 4) is 17.2 Å². The van der Waals surface area contributed by atoms with Crippen molar-refractivity contribution in [3.63, 3.8) is 0 Å². The van der Waals surface area contributed by atoms with Crippen molar-refractivity contribution >= 4 is 17.5 Å². The van der Waals surface area contributed by atoms with Crippen LogP contribution in [0.2, 0.25) is 0 Å². The summed E-state index contributed by atoms with van der Waals surface area (Å²) in [5.41, 5.74) is 4.59. The van der Waals surface area contributed by atoms with E-state index in [9.17, 15) is 14.9 Å². The van der Waals surface area contributed by atoms with Crippen LogP contribution in [0.15, 0.2) is 55.0 Å². The van der Waals surface area contributed by atoms with Crippen LogP contribution in [0, 0.1) is 18.3 Å². The molecule has 0 saturated heterocycles. The normalized spacial score (nSPS) is 10.1. The first-order valence-electron chi connectivity index (χ1n) is 8.94. The van der Waals surface area contributed by atoms with Crippen molar-refractivity contribution in [2.75, 3.05) is 5.32 Å². The highest BCUT2D eigenvalue weighted by Crippen LogP contribution is 2.26. The second-order valence-corrected chi connectivity index (χ2v) is 6.45. The fourth-order valence-electron chi connectivity index (χ4n) is 2.81. The zero-order valence-corrected chi connectivity index (χ0v) is 16.1. The van der Waals surface area contributed by atoms with Crippen LogP contribution in [0.3, 0.4) is 0 Å². The second-order valence-electron chi connectivity index (χ2n) is 6.45. The van der Waals surface area contributed by atoms with Crippen LogP contribution in [0.25, 0.3) is 11.1 Å². The van der Waals surface area contributed by atoms with Crippen LogP contribution in [0.4, 0.5) is 5.69 Å². The second kappa shape index (κ2) is 8.76. The SMILES string of the molecule is CC(=O)Nc1ccc(-c2cnc(C)c(CNC(=O)c3cccnc3)c2)cc1C#N. The van der Waals surface area contributed by atoms with Gasteiger partial charge in [-0.3, -0.25) is 19.6 Å². The lowest BCUT2D eigenvalue weighted by Gasteiger charge is -2.11. The van der Waals surface area contributed by atoms with E-state index in [-0.39, 0.29) is 11.8 Å². The van der Waals surface area contributed by atoms with Crippen LogP contribution >= 0.6 is 0 Å². The predicted octanol–water partition coefficient (Wildman–Crippen LogP) is 3.21. The Morgan fingerprint density at radius 1 is 1.14 bits per heavy atom. The van der Waals surface area contributed by atoms with Gasteiger partial charge in [0, 0.05) is 43.3 Å². The van der Waals surface area contributed by atoms with Gasteiger partial charge in [0.25, 0.3) is 5.91 Å². The molecule has 0 radical (unpaired) electrons. The van der Waals surface area contributed by atoms with Crippen LogP contribution in [0.5, 0.6) is 0 Å². The van der Waals surface area contributed by atoms with E-state index < -0.39 is 0 Å². The fraction of sp³-hybridized carbons (Fsp3) is 0.136. The van der Waals surface area contributed by atoms with Crippen molar-refractivity contribution < 1.29 is 9.59 Å². The molecule has 7 nitrogen and oxygen atoms in total. The summed E-state index contributed by atoms with van der Waals surface area (Å²) in [7, 11) is 0. The van der Waals surface area contributed by atoms with Gasteiger partial charge in [0.05, 0.1) is 16.8 Å². The Morgan fingerprint density at radius 2 is 1.97 bits per heavy atom. The molecule has 0 fully saturated rings. The summed E-state index contributed by atoms with van der Waals surface area (Å²) in [5.74, 6) is -0.452. The van der Waals surface area contributed by atoms with Gasteiger partial charge >= 0.3 is 0 Å². The van der Waals surface area contributed by atoms with E-state index in [0.717, 1.165) is 22.4 Å². The lowest BCUT2D eigenvalue weighted by molar-refractivity contribution is -0.114. The number of hydrogen-bond acceptors (Lipinski definition) is 5. The summed E-state index contributed by atoms with van der Waals surface area (Å²) in [6.07, 6.45) is 4.84. The molecule has 3 aromatic rings. The van der Waals surface area contributed by atoms with Gasteiger partial charge < -0.3 is 10.6 Å². The van der Waals surface area contributed by atoms with Crippen LogP contribution in [-0.2, 0) is 11.3 Å². The van der Waals surface area contributed by atoms with Crippen LogP contribution in [0.1, 0.15) is 34.1 Å². The molecule has 144 valence electrons. The molecule has 0 aliphatic carbocycles. The number of aromatic nitrogens is 2. The average Bonchev–Trinajstić information content (AvgIpc) is 2.73.